The highest BCUT2D eigenvalue weighted by Gasteiger charge is 2.30. The number of hydrogen-bond acceptors (Lipinski definition) is 4. The fourth-order valence-electron chi connectivity index (χ4n) is 1.71. The topological polar surface area (TPSA) is 72.6 Å². The molecule has 0 bridgehead atoms. The lowest BCUT2D eigenvalue weighted by molar-refractivity contribution is 0.135. The number of anilines is 1. The van der Waals surface area contributed by atoms with E-state index in [4.69, 9.17) is 10.5 Å². The minimum Gasteiger partial charge on any atom is -0.399 e. The normalized spacial score (nSPS) is 12.1. The minimum atomic E-state index is -4.26. The number of nitrogens with two attached hydrogens (primary N) is 1. The van der Waals surface area contributed by atoms with E-state index in [1.807, 2.05) is 0 Å². The molecule has 114 valence electrons. The molecule has 0 aliphatic heterocycles. The van der Waals surface area contributed by atoms with Crippen LogP contribution in [-0.4, -0.2) is 39.0 Å². The van der Waals surface area contributed by atoms with Gasteiger partial charge in [-0.1, -0.05) is 6.92 Å². The van der Waals surface area contributed by atoms with Crippen LogP contribution in [0.4, 0.5) is 14.5 Å². The molecule has 0 aromatic heterocycles. The number of halogens is 2. The van der Waals surface area contributed by atoms with Gasteiger partial charge in [-0.25, -0.2) is 17.2 Å². The highest BCUT2D eigenvalue weighted by atomic mass is 32.2. The van der Waals surface area contributed by atoms with E-state index in [1.165, 1.54) is 0 Å². The molecule has 1 aromatic rings. The van der Waals surface area contributed by atoms with Crippen molar-refractivity contribution in [2.45, 2.75) is 18.7 Å². The van der Waals surface area contributed by atoms with Crippen LogP contribution in [0, 0.1) is 11.6 Å². The van der Waals surface area contributed by atoms with Gasteiger partial charge in [-0.05, 0) is 19.1 Å². The van der Waals surface area contributed by atoms with Crippen LogP contribution in [0.25, 0.3) is 0 Å². The number of ether oxygens (including phenoxy) is 1. The van der Waals surface area contributed by atoms with Gasteiger partial charge >= 0.3 is 0 Å². The molecule has 0 atom stereocenters. The summed E-state index contributed by atoms with van der Waals surface area (Å²) in [6.07, 6.45) is 0. The second-order valence-electron chi connectivity index (χ2n) is 4.01. The quantitative estimate of drug-likeness (QED) is 0.613. The Hall–Kier alpha value is -1.25. The molecule has 1 aromatic carbocycles. The van der Waals surface area contributed by atoms with Crippen molar-refractivity contribution in [1.29, 1.82) is 0 Å². The summed E-state index contributed by atoms with van der Waals surface area (Å²) < 4.78 is 58.0. The van der Waals surface area contributed by atoms with Crippen molar-refractivity contribution < 1.29 is 21.9 Å². The van der Waals surface area contributed by atoms with E-state index in [1.54, 1.807) is 13.8 Å². The van der Waals surface area contributed by atoms with Crippen LogP contribution < -0.4 is 5.73 Å². The van der Waals surface area contributed by atoms with Gasteiger partial charge in [0.1, 0.15) is 11.6 Å². The van der Waals surface area contributed by atoms with Crippen molar-refractivity contribution >= 4 is 15.7 Å². The van der Waals surface area contributed by atoms with Gasteiger partial charge in [0.05, 0.1) is 6.61 Å². The summed E-state index contributed by atoms with van der Waals surface area (Å²) in [6.45, 7) is 4.04. The van der Waals surface area contributed by atoms with E-state index in [0.29, 0.717) is 6.61 Å². The lowest BCUT2D eigenvalue weighted by Crippen LogP contribution is -2.35. The monoisotopic (exact) mass is 308 g/mol. The molecule has 0 saturated heterocycles. The Kier molecular flexibility index (Phi) is 5.85. The molecule has 0 amide bonds. The van der Waals surface area contributed by atoms with Crippen LogP contribution in [0.1, 0.15) is 13.8 Å². The Morgan fingerprint density at radius 1 is 1.25 bits per heavy atom. The second kappa shape index (κ2) is 6.96. The Morgan fingerprint density at radius 3 is 2.25 bits per heavy atom. The Balaban J connectivity index is 3.14. The van der Waals surface area contributed by atoms with Crippen molar-refractivity contribution in [2.24, 2.45) is 0 Å². The summed E-state index contributed by atoms with van der Waals surface area (Å²) in [5, 5.41) is 0. The molecule has 0 aliphatic carbocycles. The van der Waals surface area contributed by atoms with E-state index in [-0.39, 0.29) is 25.4 Å². The maximum Gasteiger partial charge on any atom is 0.248 e. The molecule has 8 heteroatoms. The van der Waals surface area contributed by atoms with Gasteiger partial charge in [-0.2, -0.15) is 4.31 Å². The predicted octanol–water partition coefficient (Wildman–Crippen LogP) is 1.59. The molecule has 0 radical (unpaired) electrons. The first-order valence-corrected chi connectivity index (χ1v) is 7.61. The highest BCUT2D eigenvalue weighted by Crippen LogP contribution is 2.24. The number of likely N-dealkylation sites (N-methyl/N-ethyl adjacent to an activating group) is 1. The van der Waals surface area contributed by atoms with Crippen LogP contribution in [-0.2, 0) is 14.8 Å². The number of sulfonamides is 1. The number of rotatable bonds is 7. The van der Waals surface area contributed by atoms with Crippen molar-refractivity contribution in [3.63, 3.8) is 0 Å². The number of benzene rings is 1. The summed E-state index contributed by atoms with van der Waals surface area (Å²) in [5.41, 5.74) is 5.10. The van der Waals surface area contributed by atoms with Crippen LogP contribution >= 0.6 is 0 Å². The molecular formula is C12H18F2N2O3S. The summed E-state index contributed by atoms with van der Waals surface area (Å²) in [6, 6.07) is 1.57. The standard InChI is InChI=1S/C12H18F2N2O3S/c1-3-16(5-6-19-4-2)20(17,18)12-10(13)7-9(15)8-11(12)14/h7-8H,3-6,15H2,1-2H3. The molecule has 0 saturated carbocycles. The fraction of sp³-hybridized carbons (Fsp3) is 0.500. The SMILES string of the molecule is CCOCCN(CC)S(=O)(=O)c1c(F)cc(N)cc1F. The number of nitrogens with zero attached hydrogens (tertiary/aromatic N) is 1. The van der Waals surface area contributed by atoms with Gasteiger partial charge in [0.2, 0.25) is 10.0 Å². The lowest BCUT2D eigenvalue weighted by atomic mass is 10.3. The van der Waals surface area contributed by atoms with Crippen molar-refractivity contribution in [2.75, 3.05) is 32.0 Å². The zero-order chi connectivity index (χ0) is 15.3. The van der Waals surface area contributed by atoms with E-state index >= 15 is 0 Å². The molecule has 0 spiro atoms. The lowest BCUT2D eigenvalue weighted by Gasteiger charge is -2.21. The van der Waals surface area contributed by atoms with Gasteiger partial charge in [0, 0.05) is 25.4 Å². The number of nitrogen functional groups attached to an aromatic ring is 1. The first-order chi connectivity index (χ1) is 9.34. The Bertz CT molecular complexity index is 541. The van der Waals surface area contributed by atoms with E-state index in [0.717, 1.165) is 16.4 Å². The van der Waals surface area contributed by atoms with Gasteiger partial charge in [0.25, 0.3) is 0 Å². The molecule has 0 aliphatic rings. The van der Waals surface area contributed by atoms with Crippen molar-refractivity contribution in [1.82, 2.24) is 4.31 Å². The van der Waals surface area contributed by atoms with Crippen molar-refractivity contribution in [3.8, 4) is 0 Å². The van der Waals surface area contributed by atoms with E-state index in [9.17, 15) is 17.2 Å². The average Bonchev–Trinajstić information content (AvgIpc) is 2.32. The number of hydrogen-bond donors (Lipinski definition) is 1. The fourth-order valence-corrected chi connectivity index (χ4v) is 3.24. The molecule has 20 heavy (non-hydrogen) atoms. The summed E-state index contributed by atoms with van der Waals surface area (Å²) in [7, 11) is -4.26. The van der Waals surface area contributed by atoms with Gasteiger partial charge < -0.3 is 10.5 Å². The summed E-state index contributed by atoms with van der Waals surface area (Å²) >= 11 is 0. The zero-order valence-electron chi connectivity index (χ0n) is 11.4. The molecular weight excluding hydrogens is 290 g/mol. The van der Waals surface area contributed by atoms with E-state index in [2.05, 4.69) is 0 Å². The second-order valence-corrected chi connectivity index (χ2v) is 5.88. The minimum absolute atomic E-state index is 0.0237. The molecule has 2 N–H and O–H groups in total. The third kappa shape index (κ3) is 3.65. The third-order valence-corrected chi connectivity index (χ3v) is 4.69. The maximum absolute atomic E-state index is 13.7. The molecule has 0 heterocycles. The smallest absolute Gasteiger partial charge is 0.248 e. The van der Waals surface area contributed by atoms with E-state index < -0.39 is 26.6 Å². The van der Waals surface area contributed by atoms with Crippen LogP contribution in [0.3, 0.4) is 0 Å². The highest BCUT2D eigenvalue weighted by molar-refractivity contribution is 7.89. The van der Waals surface area contributed by atoms with Gasteiger partial charge in [-0.15, -0.1) is 0 Å². The van der Waals surface area contributed by atoms with Gasteiger partial charge in [0.15, 0.2) is 4.90 Å². The van der Waals surface area contributed by atoms with Crippen LogP contribution in [0.5, 0.6) is 0 Å². The molecule has 5 nitrogen and oxygen atoms in total. The molecule has 0 unspecified atom stereocenters. The van der Waals surface area contributed by atoms with Crippen molar-refractivity contribution in [3.05, 3.63) is 23.8 Å². The zero-order valence-corrected chi connectivity index (χ0v) is 12.2. The summed E-state index contributed by atoms with van der Waals surface area (Å²) in [4.78, 5) is -0.981. The first-order valence-electron chi connectivity index (χ1n) is 6.17. The largest absolute Gasteiger partial charge is 0.399 e. The molecule has 1 rings (SSSR count). The maximum atomic E-state index is 13.7. The van der Waals surface area contributed by atoms with Crippen LogP contribution in [0.2, 0.25) is 0 Å². The predicted molar refractivity (Wildman–Crippen MR) is 71.7 cm³/mol. The molecule has 0 fully saturated rings. The Morgan fingerprint density at radius 2 is 1.80 bits per heavy atom. The first kappa shape index (κ1) is 16.8. The average molecular weight is 308 g/mol. The Labute approximate surface area is 117 Å². The van der Waals surface area contributed by atoms with Crippen LogP contribution in [0.15, 0.2) is 17.0 Å². The summed E-state index contributed by atoms with van der Waals surface area (Å²) in [5.74, 6) is -2.39. The van der Waals surface area contributed by atoms with Gasteiger partial charge in [-0.3, -0.25) is 0 Å². The third-order valence-electron chi connectivity index (χ3n) is 2.66.